The first-order valence-corrected chi connectivity index (χ1v) is 9.35. The van der Waals surface area contributed by atoms with E-state index in [1.807, 2.05) is 13.8 Å². The number of benzene rings is 1. The third-order valence-corrected chi connectivity index (χ3v) is 4.84. The maximum absolute atomic E-state index is 12.0. The van der Waals surface area contributed by atoms with Crippen molar-refractivity contribution < 1.29 is 17.9 Å². The molecule has 0 aromatic heterocycles. The van der Waals surface area contributed by atoms with Gasteiger partial charge in [-0.15, -0.1) is 12.4 Å². The first-order chi connectivity index (χ1) is 11.3. The van der Waals surface area contributed by atoms with Crippen LogP contribution in [-0.4, -0.2) is 40.6 Å². The molecule has 0 spiro atoms. The largest absolute Gasteiger partial charge is 0.383 e. The molecule has 1 rings (SSSR count). The zero-order valence-corrected chi connectivity index (χ0v) is 16.5. The fraction of sp³-hybridized carbons (Fsp3) is 0.562. The van der Waals surface area contributed by atoms with Crippen LogP contribution in [0.2, 0.25) is 0 Å². The lowest BCUT2D eigenvalue weighted by Gasteiger charge is -2.14. The highest BCUT2D eigenvalue weighted by molar-refractivity contribution is 7.89. The van der Waals surface area contributed by atoms with Crippen LogP contribution in [0.25, 0.3) is 0 Å². The second-order valence-electron chi connectivity index (χ2n) is 5.99. The molecule has 1 aromatic rings. The smallest absolute Gasteiger partial charge is 0.240 e. The second-order valence-corrected chi connectivity index (χ2v) is 7.76. The van der Waals surface area contributed by atoms with Crippen molar-refractivity contribution in [1.29, 1.82) is 0 Å². The predicted molar refractivity (Wildman–Crippen MR) is 100 cm³/mol. The number of hydrogen-bond donors (Lipinski definition) is 3. The number of nitrogens with two attached hydrogens (primary N) is 1. The summed E-state index contributed by atoms with van der Waals surface area (Å²) in [4.78, 5) is 12.0. The van der Waals surface area contributed by atoms with Gasteiger partial charge in [0.05, 0.1) is 17.5 Å². The van der Waals surface area contributed by atoms with Crippen LogP contribution in [0, 0.1) is 5.92 Å². The molecule has 0 radical (unpaired) electrons. The van der Waals surface area contributed by atoms with Crippen LogP contribution in [0.15, 0.2) is 29.2 Å². The van der Waals surface area contributed by atoms with Gasteiger partial charge in [-0.1, -0.05) is 26.0 Å². The molecule has 25 heavy (non-hydrogen) atoms. The summed E-state index contributed by atoms with van der Waals surface area (Å²) in [7, 11) is -2.04. The van der Waals surface area contributed by atoms with Crippen LogP contribution in [0.4, 0.5) is 0 Å². The molecule has 4 N–H and O–H groups in total. The number of hydrogen-bond acceptors (Lipinski definition) is 5. The van der Waals surface area contributed by atoms with Crippen molar-refractivity contribution in [2.45, 2.75) is 37.8 Å². The van der Waals surface area contributed by atoms with E-state index < -0.39 is 16.1 Å². The van der Waals surface area contributed by atoms with E-state index in [9.17, 15) is 13.2 Å². The van der Waals surface area contributed by atoms with Crippen LogP contribution in [0.5, 0.6) is 0 Å². The van der Waals surface area contributed by atoms with Crippen molar-refractivity contribution in [3.63, 3.8) is 0 Å². The van der Waals surface area contributed by atoms with Crippen molar-refractivity contribution in [2.75, 3.05) is 20.3 Å². The van der Waals surface area contributed by atoms with Gasteiger partial charge in [-0.3, -0.25) is 4.79 Å². The molecule has 0 bridgehead atoms. The molecule has 1 amide bonds. The van der Waals surface area contributed by atoms with Gasteiger partial charge in [0.1, 0.15) is 0 Å². The summed E-state index contributed by atoms with van der Waals surface area (Å²) >= 11 is 0. The van der Waals surface area contributed by atoms with E-state index >= 15 is 0 Å². The fourth-order valence-electron chi connectivity index (χ4n) is 2.08. The molecule has 1 aromatic carbocycles. The minimum Gasteiger partial charge on any atom is -0.383 e. The Morgan fingerprint density at radius 1 is 1.24 bits per heavy atom. The molecule has 144 valence electrons. The first-order valence-electron chi connectivity index (χ1n) is 7.87. The molecule has 7 nitrogen and oxygen atoms in total. The monoisotopic (exact) mass is 393 g/mol. The highest BCUT2D eigenvalue weighted by atomic mass is 35.5. The summed E-state index contributed by atoms with van der Waals surface area (Å²) in [5, 5.41) is 2.76. The molecule has 9 heteroatoms. The standard InChI is InChI=1S/C16H27N3O4S.ClH/c1-12(2)10-15(17)16(20)18-11-13-4-6-14(7-5-13)24(21,22)19-8-9-23-3;/h4-7,12,15,19H,8-11,17H2,1-3H3,(H,18,20);1H/t15-;/m0./s1. The lowest BCUT2D eigenvalue weighted by Crippen LogP contribution is -2.41. The topological polar surface area (TPSA) is 111 Å². The van der Waals surface area contributed by atoms with Crippen LogP contribution < -0.4 is 15.8 Å². The number of sulfonamides is 1. The van der Waals surface area contributed by atoms with Gasteiger partial charge in [-0.2, -0.15) is 0 Å². The number of carbonyl (C=O) groups excluding carboxylic acids is 1. The van der Waals surface area contributed by atoms with E-state index in [0.29, 0.717) is 25.5 Å². The number of halogens is 1. The molecule has 0 saturated heterocycles. The quantitative estimate of drug-likeness (QED) is 0.514. The van der Waals surface area contributed by atoms with E-state index in [1.165, 1.54) is 19.2 Å². The second kappa shape index (κ2) is 11.4. The van der Waals surface area contributed by atoms with Gasteiger partial charge in [0.25, 0.3) is 0 Å². The van der Waals surface area contributed by atoms with Crippen LogP contribution >= 0.6 is 12.4 Å². The Kier molecular flexibility index (Phi) is 10.9. The molecule has 0 aliphatic heterocycles. The van der Waals surface area contributed by atoms with Gasteiger partial charge in [-0.25, -0.2) is 13.1 Å². The van der Waals surface area contributed by atoms with Gasteiger partial charge in [-0.05, 0) is 30.0 Å². The predicted octanol–water partition coefficient (Wildman–Crippen LogP) is 1.02. The summed E-state index contributed by atoms with van der Waals surface area (Å²) in [5.41, 5.74) is 6.61. The van der Waals surface area contributed by atoms with Gasteiger partial charge >= 0.3 is 0 Å². The molecule has 0 unspecified atom stereocenters. The van der Waals surface area contributed by atoms with Gasteiger partial charge in [0.15, 0.2) is 0 Å². The van der Waals surface area contributed by atoms with Crippen molar-refractivity contribution in [1.82, 2.24) is 10.0 Å². The van der Waals surface area contributed by atoms with E-state index in [0.717, 1.165) is 5.56 Å². The van der Waals surface area contributed by atoms with Crippen LogP contribution in [0.1, 0.15) is 25.8 Å². The Balaban J connectivity index is 0.00000576. The molecular weight excluding hydrogens is 366 g/mol. The van der Waals surface area contributed by atoms with Gasteiger partial charge < -0.3 is 15.8 Å². The lowest BCUT2D eigenvalue weighted by molar-refractivity contribution is -0.122. The number of rotatable bonds is 10. The number of ether oxygens (including phenoxy) is 1. The summed E-state index contributed by atoms with van der Waals surface area (Å²) in [5.74, 6) is 0.141. The third kappa shape index (κ3) is 8.64. The maximum atomic E-state index is 12.0. The minimum atomic E-state index is -3.54. The summed E-state index contributed by atoms with van der Waals surface area (Å²) in [6.45, 7) is 4.84. The van der Waals surface area contributed by atoms with E-state index in [-0.39, 0.29) is 29.8 Å². The SMILES string of the molecule is COCCNS(=O)(=O)c1ccc(CNC(=O)[C@@H](N)CC(C)C)cc1.Cl. The maximum Gasteiger partial charge on any atom is 0.240 e. The average Bonchev–Trinajstić information content (AvgIpc) is 2.52. The third-order valence-electron chi connectivity index (χ3n) is 3.36. The summed E-state index contributed by atoms with van der Waals surface area (Å²) in [6, 6.07) is 5.81. The number of amides is 1. The highest BCUT2D eigenvalue weighted by Gasteiger charge is 2.15. The average molecular weight is 394 g/mol. The highest BCUT2D eigenvalue weighted by Crippen LogP contribution is 2.10. The lowest BCUT2D eigenvalue weighted by atomic mass is 10.0. The number of methoxy groups -OCH3 is 1. The van der Waals surface area contributed by atoms with E-state index in [1.54, 1.807) is 12.1 Å². The molecule has 0 heterocycles. The Bertz CT molecular complexity index is 621. The van der Waals surface area contributed by atoms with Gasteiger partial charge in [0.2, 0.25) is 15.9 Å². The Morgan fingerprint density at radius 3 is 2.36 bits per heavy atom. The molecule has 0 saturated carbocycles. The molecule has 0 fully saturated rings. The Hall–Kier alpha value is -1.19. The molecule has 0 aliphatic rings. The Labute approximate surface area is 156 Å². The van der Waals surface area contributed by atoms with E-state index in [2.05, 4.69) is 10.0 Å². The summed E-state index contributed by atoms with van der Waals surface area (Å²) in [6.07, 6.45) is 0.621. The zero-order valence-electron chi connectivity index (χ0n) is 14.8. The Morgan fingerprint density at radius 2 is 1.84 bits per heavy atom. The number of nitrogens with one attached hydrogen (secondary N) is 2. The minimum absolute atomic E-state index is 0. The van der Waals surface area contributed by atoms with Crippen molar-refractivity contribution in [3.05, 3.63) is 29.8 Å². The molecular formula is C16H28ClN3O4S. The summed E-state index contributed by atoms with van der Waals surface area (Å²) < 4.78 is 31.3. The number of carbonyl (C=O) groups is 1. The van der Waals surface area contributed by atoms with Crippen LogP contribution in [-0.2, 0) is 26.1 Å². The normalized spacial score (nSPS) is 12.5. The van der Waals surface area contributed by atoms with Crippen LogP contribution in [0.3, 0.4) is 0 Å². The van der Waals surface area contributed by atoms with Crippen molar-refractivity contribution in [3.8, 4) is 0 Å². The van der Waals surface area contributed by atoms with Crippen molar-refractivity contribution >= 4 is 28.3 Å². The first kappa shape index (κ1) is 23.8. The van der Waals surface area contributed by atoms with Gasteiger partial charge in [0, 0.05) is 20.2 Å². The van der Waals surface area contributed by atoms with Crippen molar-refractivity contribution in [2.24, 2.45) is 11.7 Å². The zero-order chi connectivity index (χ0) is 18.2. The molecule has 0 aliphatic carbocycles. The molecule has 1 atom stereocenters. The van der Waals surface area contributed by atoms with E-state index in [4.69, 9.17) is 10.5 Å². The fourth-order valence-corrected chi connectivity index (χ4v) is 3.10.